The number of nitrogens with zero attached hydrogens (tertiary/aromatic N) is 2. The van der Waals surface area contributed by atoms with Crippen molar-refractivity contribution < 1.29 is 18.7 Å². The Bertz CT molecular complexity index is 1470. The number of ether oxygens (including phenoxy) is 1. The van der Waals surface area contributed by atoms with Gasteiger partial charge in [0.15, 0.2) is 5.76 Å². The summed E-state index contributed by atoms with van der Waals surface area (Å²) in [5, 5.41) is 0. The van der Waals surface area contributed by atoms with Gasteiger partial charge >= 0.3 is 0 Å². The Labute approximate surface area is 229 Å². The first-order valence-electron chi connectivity index (χ1n) is 13.4. The van der Waals surface area contributed by atoms with Crippen molar-refractivity contribution in [2.75, 3.05) is 13.6 Å². The summed E-state index contributed by atoms with van der Waals surface area (Å²) in [6, 6.07) is 27.2. The normalized spacial score (nSPS) is 14.7. The van der Waals surface area contributed by atoms with Gasteiger partial charge in [-0.2, -0.15) is 0 Å². The number of amides is 2. The standard InChI is InChI=1S/C33H34N2O4/c1-22(2)34(4)33(37)30-16-15-28(39-30)21-38-27-14-13-24-17-18-35(32(36)25-10-6-5-7-11-25)31(29(24)20-27)26-12-8-9-23(3)19-26/h5-16,19-20,22,31H,17-18,21H2,1-4H3. The molecule has 0 radical (unpaired) electrons. The number of carbonyl (C=O) groups excluding carboxylic acids is 2. The maximum absolute atomic E-state index is 13.7. The second-order valence-electron chi connectivity index (χ2n) is 10.4. The van der Waals surface area contributed by atoms with Crippen LogP contribution in [-0.4, -0.2) is 41.2 Å². The van der Waals surface area contributed by atoms with Gasteiger partial charge in [-0.1, -0.05) is 54.1 Å². The Kier molecular flexibility index (Phi) is 7.55. The summed E-state index contributed by atoms with van der Waals surface area (Å²) < 4.78 is 11.9. The van der Waals surface area contributed by atoms with Crippen LogP contribution in [0.2, 0.25) is 0 Å². The molecule has 39 heavy (non-hydrogen) atoms. The highest BCUT2D eigenvalue weighted by molar-refractivity contribution is 5.95. The van der Waals surface area contributed by atoms with Gasteiger partial charge in [0.05, 0.1) is 6.04 Å². The molecule has 0 bridgehead atoms. The van der Waals surface area contributed by atoms with E-state index in [0.29, 0.717) is 29.4 Å². The SMILES string of the molecule is Cc1cccc(C2c3cc(OCc4ccc(C(=O)N(C)C(C)C)o4)ccc3CCN2C(=O)c2ccccc2)c1. The minimum atomic E-state index is -0.232. The molecule has 2 amide bonds. The van der Waals surface area contributed by atoms with E-state index in [9.17, 15) is 9.59 Å². The molecule has 1 aliphatic heterocycles. The minimum absolute atomic E-state index is 0.0122. The predicted octanol–water partition coefficient (Wildman–Crippen LogP) is 6.44. The Morgan fingerprint density at radius 1 is 1.00 bits per heavy atom. The van der Waals surface area contributed by atoms with E-state index in [1.165, 1.54) is 5.56 Å². The second-order valence-corrected chi connectivity index (χ2v) is 10.4. The van der Waals surface area contributed by atoms with Crippen molar-refractivity contribution >= 4 is 11.8 Å². The van der Waals surface area contributed by atoms with Gasteiger partial charge in [0, 0.05) is 25.2 Å². The summed E-state index contributed by atoms with van der Waals surface area (Å²) >= 11 is 0. The Balaban J connectivity index is 1.42. The van der Waals surface area contributed by atoms with E-state index < -0.39 is 0 Å². The van der Waals surface area contributed by atoms with Crippen LogP contribution in [-0.2, 0) is 13.0 Å². The van der Waals surface area contributed by atoms with Crippen LogP contribution in [0, 0.1) is 6.92 Å². The molecule has 1 aliphatic rings. The lowest BCUT2D eigenvalue weighted by Crippen LogP contribution is -2.40. The number of furan rings is 1. The molecule has 0 saturated carbocycles. The molecule has 1 aromatic heterocycles. The van der Waals surface area contributed by atoms with Crippen LogP contribution in [0.1, 0.15) is 68.8 Å². The number of hydrogen-bond donors (Lipinski definition) is 0. The molecule has 200 valence electrons. The summed E-state index contributed by atoms with van der Waals surface area (Å²) in [4.78, 5) is 29.9. The molecule has 0 N–H and O–H groups in total. The van der Waals surface area contributed by atoms with Crippen molar-refractivity contribution in [2.24, 2.45) is 0 Å². The van der Waals surface area contributed by atoms with Gasteiger partial charge in [-0.05, 0) is 80.3 Å². The second kappa shape index (κ2) is 11.2. The first-order valence-corrected chi connectivity index (χ1v) is 13.4. The number of benzene rings is 3. The topological polar surface area (TPSA) is 63.0 Å². The zero-order valence-corrected chi connectivity index (χ0v) is 22.9. The summed E-state index contributed by atoms with van der Waals surface area (Å²) in [5.74, 6) is 1.41. The molecule has 0 spiro atoms. The van der Waals surface area contributed by atoms with Gasteiger partial charge in [-0.25, -0.2) is 0 Å². The molecule has 6 heteroatoms. The molecule has 5 rings (SSSR count). The van der Waals surface area contributed by atoms with Gasteiger partial charge in [0.2, 0.25) is 0 Å². The first kappa shape index (κ1) is 26.3. The van der Waals surface area contributed by atoms with Gasteiger partial charge in [0.1, 0.15) is 18.1 Å². The predicted molar refractivity (Wildman–Crippen MR) is 151 cm³/mol. The van der Waals surface area contributed by atoms with E-state index in [1.54, 1.807) is 24.1 Å². The smallest absolute Gasteiger partial charge is 0.289 e. The Morgan fingerprint density at radius 2 is 1.79 bits per heavy atom. The van der Waals surface area contributed by atoms with Crippen molar-refractivity contribution in [1.82, 2.24) is 9.80 Å². The maximum Gasteiger partial charge on any atom is 0.289 e. The highest BCUT2D eigenvalue weighted by Crippen LogP contribution is 2.38. The fourth-order valence-electron chi connectivity index (χ4n) is 4.98. The summed E-state index contributed by atoms with van der Waals surface area (Å²) in [7, 11) is 1.76. The van der Waals surface area contributed by atoms with Crippen LogP contribution in [0.5, 0.6) is 5.75 Å². The van der Waals surface area contributed by atoms with E-state index in [4.69, 9.17) is 9.15 Å². The summed E-state index contributed by atoms with van der Waals surface area (Å²) in [5.41, 5.74) is 5.15. The van der Waals surface area contributed by atoms with Crippen LogP contribution >= 0.6 is 0 Å². The van der Waals surface area contributed by atoms with Crippen molar-refractivity contribution in [2.45, 2.75) is 45.9 Å². The number of rotatable bonds is 7. The van der Waals surface area contributed by atoms with Crippen molar-refractivity contribution in [3.8, 4) is 5.75 Å². The van der Waals surface area contributed by atoms with Crippen LogP contribution < -0.4 is 4.74 Å². The molecule has 2 heterocycles. The summed E-state index contributed by atoms with van der Waals surface area (Å²) in [6.07, 6.45) is 0.767. The van der Waals surface area contributed by atoms with Crippen LogP contribution in [0.4, 0.5) is 0 Å². The molecular formula is C33H34N2O4. The van der Waals surface area contributed by atoms with E-state index in [1.807, 2.05) is 67.3 Å². The maximum atomic E-state index is 13.7. The number of carbonyl (C=O) groups is 2. The van der Waals surface area contributed by atoms with Crippen LogP contribution in [0.3, 0.4) is 0 Å². The van der Waals surface area contributed by atoms with Crippen molar-refractivity contribution in [3.63, 3.8) is 0 Å². The molecule has 0 aliphatic carbocycles. The largest absolute Gasteiger partial charge is 0.486 e. The average Bonchev–Trinajstić information content (AvgIpc) is 3.43. The monoisotopic (exact) mass is 522 g/mol. The highest BCUT2D eigenvalue weighted by Gasteiger charge is 2.33. The molecule has 3 aromatic carbocycles. The lowest BCUT2D eigenvalue weighted by Gasteiger charge is -2.38. The number of hydrogen-bond acceptors (Lipinski definition) is 4. The Morgan fingerprint density at radius 3 is 2.54 bits per heavy atom. The van der Waals surface area contributed by atoms with Crippen molar-refractivity contribution in [3.05, 3.63) is 124 Å². The fourth-order valence-corrected chi connectivity index (χ4v) is 4.98. The molecular weight excluding hydrogens is 488 g/mol. The van der Waals surface area contributed by atoms with E-state index >= 15 is 0 Å². The highest BCUT2D eigenvalue weighted by atomic mass is 16.5. The third-order valence-electron chi connectivity index (χ3n) is 7.33. The van der Waals surface area contributed by atoms with Gasteiger partial charge in [-0.15, -0.1) is 0 Å². The van der Waals surface area contributed by atoms with Crippen molar-refractivity contribution in [1.29, 1.82) is 0 Å². The molecule has 1 atom stereocenters. The van der Waals surface area contributed by atoms with E-state index in [0.717, 1.165) is 23.1 Å². The third-order valence-corrected chi connectivity index (χ3v) is 7.33. The average molecular weight is 523 g/mol. The molecule has 0 saturated heterocycles. The zero-order valence-electron chi connectivity index (χ0n) is 22.9. The Hall–Kier alpha value is -4.32. The van der Waals surface area contributed by atoms with E-state index in [-0.39, 0.29) is 30.5 Å². The van der Waals surface area contributed by atoms with Gasteiger partial charge in [0.25, 0.3) is 11.8 Å². The third kappa shape index (κ3) is 5.60. The quantitative estimate of drug-likeness (QED) is 0.280. The lowest BCUT2D eigenvalue weighted by atomic mass is 9.87. The van der Waals surface area contributed by atoms with E-state index in [2.05, 4.69) is 31.2 Å². The molecule has 0 fully saturated rings. The fraction of sp³-hybridized carbons (Fsp3) is 0.273. The number of fused-ring (bicyclic) bond motifs is 1. The van der Waals surface area contributed by atoms with Crippen LogP contribution in [0.25, 0.3) is 0 Å². The minimum Gasteiger partial charge on any atom is -0.486 e. The molecule has 1 unspecified atom stereocenters. The number of aryl methyl sites for hydroxylation is 1. The molecule has 4 aromatic rings. The summed E-state index contributed by atoms with van der Waals surface area (Å²) in [6.45, 7) is 6.81. The van der Waals surface area contributed by atoms with Gasteiger partial charge < -0.3 is 19.0 Å². The zero-order chi connectivity index (χ0) is 27.5. The lowest BCUT2D eigenvalue weighted by molar-refractivity contribution is 0.0691. The van der Waals surface area contributed by atoms with Crippen LogP contribution in [0.15, 0.2) is 89.3 Å². The van der Waals surface area contributed by atoms with Gasteiger partial charge in [-0.3, -0.25) is 9.59 Å². The molecule has 6 nitrogen and oxygen atoms in total. The first-order chi connectivity index (χ1) is 18.8.